The van der Waals surface area contributed by atoms with Crippen LogP contribution < -0.4 is 53.2 Å². The molecule has 2 fully saturated rings. The van der Waals surface area contributed by atoms with Crippen LogP contribution in [0.25, 0.3) is 0 Å². The van der Waals surface area contributed by atoms with Gasteiger partial charge >= 0.3 is 52.4 Å². The molecule has 0 radical (unpaired) electrons. The van der Waals surface area contributed by atoms with Crippen molar-refractivity contribution in [2.24, 2.45) is 29.0 Å². The third-order valence-corrected chi connectivity index (χ3v) is 12.7. The van der Waals surface area contributed by atoms with E-state index in [4.69, 9.17) is 71.3 Å². The number of nitrogens with zero attached hydrogens (tertiary/aromatic N) is 10. The normalized spacial score (nSPS) is 15.1. The molecule has 12 N–H and O–H groups in total. The van der Waals surface area contributed by atoms with Gasteiger partial charge in [-0.2, -0.15) is 19.4 Å². The van der Waals surface area contributed by atoms with Gasteiger partial charge in [-0.15, -0.1) is 23.2 Å². The van der Waals surface area contributed by atoms with E-state index in [1.54, 1.807) is 48.8 Å². The van der Waals surface area contributed by atoms with Crippen molar-refractivity contribution in [3.63, 3.8) is 0 Å². The molecule has 0 saturated heterocycles. The first-order valence-electron chi connectivity index (χ1n) is 29.1. The zero-order valence-corrected chi connectivity index (χ0v) is 54.9. The van der Waals surface area contributed by atoms with Gasteiger partial charge in [-0.3, -0.25) is 30.2 Å². The Kier molecular flexibility index (Phi) is 38.4. The molecule has 0 bridgehead atoms. The average Bonchev–Trinajstić information content (AvgIpc) is 1.03. The SMILES string of the molecule is CC(C)(C)OC(=O)NC1CCC(CNc2nc(Cl)ncc2[N+](=O)[O-])CC1.CC(C)(C)OC(=O)NCc1cccnc1.ClCCl.NC1CCC(CNc2nc(NCc3ccc[n+]([O-])c3)ncc2[N+](=O)[O-])CC1.NCc1ccc[n+]([O-])c1.NCc1cccnc1.O=BC#CO. The van der Waals surface area contributed by atoms with Gasteiger partial charge in [0.2, 0.25) is 22.9 Å². The maximum absolute atomic E-state index is 11.8. The summed E-state index contributed by atoms with van der Waals surface area (Å²) in [6.07, 6.45) is 22.9. The summed E-state index contributed by atoms with van der Waals surface area (Å²) in [5.41, 5.74) is 18.8. The Morgan fingerprint density at radius 3 is 1.60 bits per heavy atom. The number of amides is 2. The number of carbonyl (C=O) groups excluding carboxylic acids is 2. The topological polar surface area (TPSA) is 446 Å². The number of aliphatic hydroxyl groups is 1. The van der Waals surface area contributed by atoms with Crippen molar-refractivity contribution in [3.8, 4) is 11.9 Å². The summed E-state index contributed by atoms with van der Waals surface area (Å²) in [6.45, 7) is 13.9. The first-order valence-corrected chi connectivity index (χ1v) is 30.5. The van der Waals surface area contributed by atoms with Crippen LogP contribution in [0.2, 0.25) is 5.28 Å². The predicted molar refractivity (Wildman–Crippen MR) is 353 cm³/mol. The van der Waals surface area contributed by atoms with E-state index in [0.29, 0.717) is 63.0 Å². The van der Waals surface area contributed by atoms with E-state index in [2.05, 4.69) is 56.5 Å². The number of nitro groups is 2. The van der Waals surface area contributed by atoms with Crippen LogP contribution in [0, 0.1) is 54.4 Å². The first-order chi connectivity index (χ1) is 44.2. The Morgan fingerprint density at radius 1 is 0.688 bits per heavy atom. The van der Waals surface area contributed by atoms with E-state index in [9.17, 15) is 40.2 Å². The fraction of sp³-hybridized carbons (Fsp3) is 0.458. The van der Waals surface area contributed by atoms with E-state index in [0.717, 1.165) is 84.5 Å². The number of anilines is 3. The number of carbonyl (C=O) groups is 2. The van der Waals surface area contributed by atoms with Gasteiger partial charge < -0.3 is 63.7 Å². The monoisotopic (exact) mass is 1350 g/mol. The summed E-state index contributed by atoms with van der Waals surface area (Å²) in [5, 5.41) is 66.3. The number of alkyl halides is 2. The molecule has 0 aliphatic heterocycles. The van der Waals surface area contributed by atoms with Crippen molar-refractivity contribution in [1.29, 1.82) is 0 Å². The molecule has 2 aliphatic carbocycles. The van der Waals surface area contributed by atoms with E-state index in [1.807, 2.05) is 71.9 Å². The summed E-state index contributed by atoms with van der Waals surface area (Å²) < 4.78 is 20.9. The van der Waals surface area contributed by atoms with Gasteiger partial charge in [0.05, 0.1) is 15.2 Å². The van der Waals surface area contributed by atoms with Crippen molar-refractivity contribution >= 4 is 83.1 Å². The Bertz CT molecular complexity index is 3230. The number of nitrogens with two attached hydrogens (primary N) is 3. The third kappa shape index (κ3) is 37.3. The van der Waals surface area contributed by atoms with Crippen LogP contribution in [-0.4, -0.2) is 106 Å². The van der Waals surface area contributed by atoms with Crippen molar-refractivity contribution in [1.82, 2.24) is 40.5 Å². The van der Waals surface area contributed by atoms with Crippen molar-refractivity contribution in [2.75, 3.05) is 34.4 Å². The van der Waals surface area contributed by atoms with Crippen LogP contribution in [0.5, 0.6) is 0 Å². The number of halogens is 3. The molecule has 2 saturated carbocycles. The minimum absolute atomic E-state index is 0.0385. The molecule has 0 unspecified atom stereocenters. The zero-order valence-electron chi connectivity index (χ0n) is 52.7. The number of ether oxygens (including phenoxy) is 2. The number of pyridine rings is 4. The van der Waals surface area contributed by atoms with Crippen LogP contribution in [0.1, 0.15) is 115 Å². The van der Waals surface area contributed by atoms with Crippen LogP contribution in [0.3, 0.4) is 0 Å². The van der Waals surface area contributed by atoms with Crippen LogP contribution in [0.15, 0.2) is 110 Å². The summed E-state index contributed by atoms with van der Waals surface area (Å²) in [6, 6.07) is 14.8. The van der Waals surface area contributed by atoms with E-state index in [1.165, 1.54) is 37.1 Å². The molecule has 6 aromatic rings. The van der Waals surface area contributed by atoms with E-state index >= 15 is 0 Å². The maximum atomic E-state index is 11.8. The van der Waals surface area contributed by atoms with E-state index < -0.39 is 33.2 Å². The van der Waals surface area contributed by atoms with Gasteiger partial charge in [-0.25, -0.2) is 19.6 Å². The standard InChI is InChI=1S/C17H23N7O3.C16H24ClN5O4.C11H16N2O2.C6H8N2O.C6H8N2.C2HBO2.CH2Cl2/c18-14-5-3-12(4-6-14)8-19-16-15(24(26)27)10-21-17(22-16)20-9-13-2-1-7-23(25)11-13;1-16(2,3)26-15(23)20-11-6-4-10(5-7-11)8-18-13-12(22(24)25)9-19-14(17)21-13;1-11(2,3)15-10(14)13-8-9-5-4-6-12-7-9;7-4-6-2-1-3-8(9)5-6;7-4-6-2-1-3-8-5-6;4-2-1-3-5;2-1-3/h1-2,7,10-12,14H,3-6,8-9,18H2,(H2,19,20,21,22);9-11H,4-8H2,1-3H3,(H,20,23)(H,18,19,21);4-7H,8H2,1-3H3,(H,13,14);1-3,5H,4,7H2;1-3,5H,4,7H2;4H;1H2. The molecule has 2 aliphatic rings. The number of alkyl carbamates (subject to hydrolysis) is 2. The first kappa shape index (κ1) is 80.2. The minimum atomic E-state index is -0.541. The summed E-state index contributed by atoms with van der Waals surface area (Å²) >= 11 is 15.2. The summed E-state index contributed by atoms with van der Waals surface area (Å²) in [4.78, 5) is 67.9. The number of aliphatic hydroxyl groups excluding tert-OH is 1. The van der Waals surface area contributed by atoms with Gasteiger partial charge in [0.15, 0.2) is 24.8 Å². The fourth-order valence-corrected chi connectivity index (χ4v) is 8.28. The molecule has 0 aromatic carbocycles. The number of rotatable bonds is 16. The fourth-order valence-electron chi connectivity index (χ4n) is 8.15. The molecular formula is C59H82BCl3N18O12. The second kappa shape index (κ2) is 44.6. The molecule has 2 amide bonds. The molecule has 0 atom stereocenters. The number of hydrogen-bond donors (Lipinski definition) is 9. The Hall–Kier alpha value is -8.93. The molecular weight excluding hydrogens is 1270 g/mol. The summed E-state index contributed by atoms with van der Waals surface area (Å²) in [7, 11) is 0.319. The average molecular weight is 1350 g/mol. The Balaban J connectivity index is 0.000000408. The number of hydrogen-bond acceptors (Lipinski definition) is 24. The molecule has 0 spiro atoms. The molecule has 6 aromatic heterocycles. The van der Waals surface area contributed by atoms with Gasteiger partial charge in [0, 0.05) is 99.4 Å². The van der Waals surface area contributed by atoms with Crippen LogP contribution in [-0.2, 0) is 40.4 Å². The van der Waals surface area contributed by atoms with Gasteiger partial charge in [-0.05, 0) is 152 Å². The van der Waals surface area contributed by atoms with Crippen LogP contribution in [0.4, 0.5) is 38.5 Å². The summed E-state index contributed by atoms with van der Waals surface area (Å²) in [5.74, 6) is 3.08. The van der Waals surface area contributed by atoms with Crippen molar-refractivity contribution in [3.05, 3.63) is 169 Å². The number of nitrogens with one attached hydrogen (secondary N) is 5. The second-order valence-electron chi connectivity index (χ2n) is 22.2. The molecule has 6 heterocycles. The third-order valence-electron chi connectivity index (χ3n) is 12.5. The quantitative estimate of drug-likeness (QED) is 0.00643. The van der Waals surface area contributed by atoms with Crippen molar-refractivity contribution < 1.29 is 48.2 Å². The van der Waals surface area contributed by atoms with Gasteiger partial charge in [0.1, 0.15) is 23.6 Å². The molecule has 93 heavy (non-hydrogen) atoms. The Labute approximate surface area is 555 Å². The van der Waals surface area contributed by atoms with Crippen molar-refractivity contribution in [2.45, 2.75) is 142 Å². The van der Waals surface area contributed by atoms with Gasteiger partial charge in [-0.1, -0.05) is 12.1 Å². The molecule has 8 rings (SSSR count). The molecule has 34 heteroatoms. The molecule has 30 nitrogen and oxygen atoms in total. The Morgan fingerprint density at radius 2 is 1.16 bits per heavy atom. The molecule has 504 valence electrons. The van der Waals surface area contributed by atoms with Crippen LogP contribution >= 0.6 is 34.8 Å². The van der Waals surface area contributed by atoms with E-state index in [-0.39, 0.29) is 51.7 Å². The zero-order chi connectivity index (χ0) is 69.2. The number of aromatic nitrogens is 8. The predicted octanol–water partition coefficient (Wildman–Crippen LogP) is 8.27. The second-order valence-corrected chi connectivity index (χ2v) is 23.3. The van der Waals surface area contributed by atoms with Gasteiger partial charge in [0.25, 0.3) is 0 Å².